The van der Waals surface area contributed by atoms with E-state index in [1.165, 1.54) is 0 Å². The number of carbonyl (C=O) groups is 1. The number of hydrogen-bond donors (Lipinski definition) is 1. The third-order valence-electron chi connectivity index (χ3n) is 4.33. The van der Waals surface area contributed by atoms with Crippen LogP contribution in [0.15, 0.2) is 55.3 Å². The van der Waals surface area contributed by atoms with Gasteiger partial charge in [-0.1, -0.05) is 43.8 Å². The monoisotopic (exact) mass is 338 g/mol. The van der Waals surface area contributed by atoms with E-state index >= 15 is 0 Å². The lowest BCUT2D eigenvalue weighted by atomic mass is 10.1. The number of nitrogens with one attached hydrogen (secondary N) is 1. The minimum atomic E-state index is -0.405. The highest BCUT2D eigenvalue weighted by Crippen LogP contribution is 2.28. The molecule has 0 bridgehead atoms. The van der Waals surface area contributed by atoms with Crippen molar-refractivity contribution in [1.82, 2.24) is 9.97 Å². The van der Waals surface area contributed by atoms with Crippen molar-refractivity contribution < 1.29 is 9.53 Å². The minimum absolute atomic E-state index is 0.0462. The lowest BCUT2D eigenvalue weighted by Crippen LogP contribution is -2.36. The highest BCUT2D eigenvalue weighted by molar-refractivity contribution is 5.89. The smallest absolute Gasteiger partial charge is 0.416 e. The number of cyclic esters (lactones) is 1. The van der Waals surface area contributed by atoms with Gasteiger partial charge in [-0.3, -0.25) is 4.90 Å². The maximum absolute atomic E-state index is 12.2. The molecule has 1 saturated heterocycles. The molecular weight excluding hydrogens is 316 g/mol. The van der Waals surface area contributed by atoms with Crippen LogP contribution in [0.2, 0.25) is 0 Å². The molecule has 1 N–H and O–H groups in total. The van der Waals surface area contributed by atoms with Crippen LogP contribution in [0.1, 0.15) is 31.9 Å². The number of rotatable bonds is 6. The van der Waals surface area contributed by atoms with Crippen molar-refractivity contribution in [3.63, 3.8) is 0 Å². The second-order valence-electron chi connectivity index (χ2n) is 5.94. The summed E-state index contributed by atoms with van der Waals surface area (Å²) in [7, 11) is 0. The highest BCUT2D eigenvalue weighted by atomic mass is 16.6. The summed E-state index contributed by atoms with van der Waals surface area (Å²) in [6.45, 7) is 7.79. The summed E-state index contributed by atoms with van der Waals surface area (Å²) in [5.74, 6) is 0.998. The van der Waals surface area contributed by atoms with Gasteiger partial charge in [0.05, 0.1) is 12.1 Å². The number of carbonyl (C=O) groups excluding carboxylic acids is 1. The Morgan fingerprint density at radius 1 is 1.36 bits per heavy atom. The van der Waals surface area contributed by atoms with Gasteiger partial charge in [0.15, 0.2) is 0 Å². The lowest BCUT2D eigenvalue weighted by molar-refractivity contribution is 0.154. The van der Waals surface area contributed by atoms with E-state index in [2.05, 4.69) is 21.9 Å². The maximum Gasteiger partial charge on any atom is 0.416 e. The SMILES string of the molecule is C=CC1OC(=O)N(c2ccnc(NC(C)c3ccccc3)n2)C1CC. The van der Waals surface area contributed by atoms with Crippen LogP contribution < -0.4 is 10.2 Å². The van der Waals surface area contributed by atoms with Crippen molar-refractivity contribution in [2.75, 3.05) is 10.2 Å². The maximum atomic E-state index is 12.2. The molecule has 25 heavy (non-hydrogen) atoms. The van der Waals surface area contributed by atoms with E-state index in [4.69, 9.17) is 4.74 Å². The standard InChI is InChI=1S/C19H22N4O2/c1-4-15-16(5-2)25-19(24)23(15)17-11-12-20-18(22-17)21-13(3)14-9-7-6-8-10-14/h5-13,15-16H,2,4H2,1,3H3,(H,20,21,22). The predicted octanol–water partition coefficient (Wildman–Crippen LogP) is 3.94. The molecule has 1 amide bonds. The van der Waals surface area contributed by atoms with E-state index in [9.17, 15) is 4.79 Å². The van der Waals surface area contributed by atoms with Gasteiger partial charge in [0.25, 0.3) is 0 Å². The number of nitrogens with zero attached hydrogens (tertiary/aromatic N) is 3. The zero-order valence-electron chi connectivity index (χ0n) is 14.4. The fraction of sp³-hybridized carbons (Fsp3) is 0.316. The summed E-state index contributed by atoms with van der Waals surface area (Å²) in [5, 5.41) is 3.27. The molecule has 2 heterocycles. The predicted molar refractivity (Wildman–Crippen MR) is 97.5 cm³/mol. The summed E-state index contributed by atoms with van der Waals surface area (Å²) in [6, 6.07) is 11.7. The summed E-state index contributed by atoms with van der Waals surface area (Å²) in [5.41, 5.74) is 1.13. The first-order valence-electron chi connectivity index (χ1n) is 8.41. The van der Waals surface area contributed by atoms with Gasteiger partial charge in [0, 0.05) is 6.20 Å². The molecule has 0 saturated carbocycles. The molecule has 3 rings (SSSR count). The van der Waals surface area contributed by atoms with Gasteiger partial charge >= 0.3 is 6.09 Å². The summed E-state index contributed by atoms with van der Waals surface area (Å²) in [4.78, 5) is 22.6. The van der Waals surface area contributed by atoms with Gasteiger partial charge in [-0.05, 0) is 31.1 Å². The van der Waals surface area contributed by atoms with Crippen molar-refractivity contribution in [1.29, 1.82) is 0 Å². The fourth-order valence-electron chi connectivity index (χ4n) is 2.99. The highest BCUT2D eigenvalue weighted by Gasteiger charge is 2.40. The lowest BCUT2D eigenvalue weighted by Gasteiger charge is -2.22. The Balaban J connectivity index is 1.82. The number of hydrogen-bond acceptors (Lipinski definition) is 5. The molecule has 2 aromatic rings. The number of amides is 1. The number of aromatic nitrogens is 2. The molecule has 6 heteroatoms. The van der Waals surface area contributed by atoms with Crippen LogP contribution in [0.25, 0.3) is 0 Å². The molecule has 3 unspecified atom stereocenters. The third-order valence-corrected chi connectivity index (χ3v) is 4.33. The number of ether oxygens (including phenoxy) is 1. The Morgan fingerprint density at radius 3 is 2.80 bits per heavy atom. The van der Waals surface area contributed by atoms with Crippen molar-refractivity contribution in [3.05, 3.63) is 60.8 Å². The quantitative estimate of drug-likeness (QED) is 0.808. The van der Waals surface area contributed by atoms with E-state index < -0.39 is 6.09 Å². The normalized spacial score (nSPS) is 20.9. The topological polar surface area (TPSA) is 67.3 Å². The van der Waals surface area contributed by atoms with Crippen LogP contribution in [-0.2, 0) is 4.74 Å². The molecular formula is C19H22N4O2. The van der Waals surface area contributed by atoms with Crippen molar-refractivity contribution in [2.24, 2.45) is 0 Å². The molecule has 130 valence electrons. The second kappa shape index (κ2) is 7.34. The van der Waals surface area contributed by atoms with Crippen LogP contribution in [0.3, 0.4) is 0 Å². The largest absolute Gasteiger partial charge is 0.439 e. The summed E-state index contributed by atoms with van der Waals surface area (Å²) >= 11 is 0. The zero-order valence-corrected chi connectivity index (χ0v) is 14.4. The van der Waals surface area contributed by atoms with Gasteiger partial charge in [-0.25, -0.2) is 9.78 Å². The van der Waals surface area contributed by atoms with Crippen LogP contribution >= 0.6 is 0 Å². The van der Waals surface area contributed by atoms with E-state index in [1.807, 2.05) is 44.2 Å². The molecule has 1 aliphatic heterocycles. The molecule has 6 nitrogen and oxygen atoms in total. The average Bonchev–Trinajstić information content (AvgIpc) is 2.98. The molecule has 1 fully saturated rings. The number of anilines is 2. The van der Waals surface area contributed by atoms with Crippen LogP contribution in [0, 0.1) is 0 Å². The first-order valence-corrected chi connectivity index (χ1v) is 8.41. The van der Waals surface area contributed by atoms with Gasteiger partial charge in [-0.15, -0.1) is 0 Å². The molecule has 1 aromatic heterocycles. The van der Waals surface area contributed by atoms with Crippen LogP contribution in [0.5, 0.6) is 0 Å². The zero-order chi connectivity index (χ0) is 17.8. The fourth-order valence-corrected chi connectivity index (χ4v) is 2.99. The van der Waals surface area contributed by atoms with Crippen LogP contribution in [-0.4, -0.2) is 28.2 Å². The first kappa shape index (κ1) is 17.0. The Hall–Kier alpha value is -2.89. The Kier molecular flexibility index (Phi) is 4.97. The molecule has 1 aromatic carbocycles. The van der Waals surface area contributed by atoms with Gasteiger partial charge in [0.1, 0.15) is 11.9 Å². The molecule has 0 radical (unpaired) electrons. The Morgan fingerprint density at radius 2 is 2.12 bits per heavy atom. The molecule has 3 atom stereocenters. The van der Waals surface area contributed by atoms with E-state index in [-0.39, 0.29) is 18.2 Å². The Labute approximate surface area is 147 Å². The van der Waals surface area contributed by atoms with Crippen molar-refractivity contribution in [3.8, 4) is 0 Å². The minimum Gasteiger partial charge on any atom is -0.439 e. The molecule has 0 aliphatic carbocycles. The van der Waals surface area contributed by atoms with Crippen molar-refractivity contribution >= 4 is 17.9 Å². The van der Waals surface area contributed by atoms with Gasteiger partial charge in [-0.2, -0.15) is 4.98 Å². The third kappa shape index (κ3) is 3.47. The van der Waals surface area contributed by atoms with E-state index in [0.29, 0.717) is 11.8 Å². The van der Waals surface area contributed by atoms with Gasteiger partial charge < -0.3 is 10.1 Å². The van der Waals surface area contributed by atoms with Crippen molar-refractivity contribution in [2.45, 2.75) is 38.5 Å². The first-order chi connectivity index (χ1) is 12.1. The number of benzene rings is 1. The average molecular weight is 338 g/mol. The van der Waals surface area contributed by atoms with E-state index in [0.717, 1.165) is 12.0 Å². The molecule has 0 spiro atoms. The summed E-state index contributed by atoms with van der Waals surface area (Å²) < 4.78 is 5.36. The van der Waals surface area contributed by atoms with E-state index in [1.54, 1.807) is 23.2 Å². The van der Waals surface area contributed by atoms with Crippen LogP contribution in [0.4, 0.5) is 16.6 Å². The Bertz CT molecular complexity index is 750. The summed E-state index contributed by atoms with van der Waals surface area (Å²) in [6.07, 6.45) is 3.31. The second-order valence-corrected chi connectivity index (χ2v) is 5.94. The van der Waals surface area contributed by atoms with Gasteiger partial charge in [0.2, 0.25) is 5.95 Å². The molecule has 1 aliphatic rings.